The molecule has 0 spiro atoms. The van der Waals surface area contributed by atoms with Crippen molar-refractivity contribution in [2.45, 2.75) is 18.9 Å². The molecule has 0 aliphatic carbocycles. The molecule has 1 rings (SSSR count). The molecule has 16 heavy (non-hydrogen) atoms. The van der Waals surface area contributed by atoms with Crippen molar-refractivity contribution in [3.8, 4) is 0 Å². The smallest absolute Gasteiger partial charge is 0.164 e. The van der Waals surface area contributed by atoms with Crippen molar-refractivity contribution in [3.63, 3.8) is 0 Å². The van der Waals surface area contributed by atoms with Crippen molar-refractivity contribution in [1.29, 1.82) is 0 Å². The fourth-order valence-electron chi connectivity index (χ4n) is 0.848. The summed E-state index contributed by atoms with van der Waals surface area (Å²) in [6.07, 6.45) is -4.36. The molecular formula is C8H11F3N2S3. The molecule has 0 unspecified atom stereocenters. The third-order valence-corrected chi connectivity index (χ3v) is 4.79. The zero-order valence-electron chi connectivity index (χ0n) is 8.58. The standard InChI is InChI=1S/C8H11F3N2S3/c1-2-14-3-4-15-5-6-12-13-7(16-6)8(9,10)11/h2-5H2,1H3. The summed E-state index contributed by atoms with van der Waals surface area (Å²) < 4.78 is 36.6. The first-order valence-corrected chi connectivity index (χ1v) is 7.71. The van der Waals surface area contributed by atoms with Crippen LogP contribution in [0.15, 0.2) is 0 Å². The van der Waals surface area contributed by atoms with Crippen molar-refractivity contribution in [2.75, 3.05) is 17.3 Å². The average molecular weight is 288 g/mol. The van der Waals surface area contributed by atoms with E-state index in [1.807, 2.05) is 11.8 Å². The number of hydrogen-bond donors (Lipinski definition) is 0. The highest BCUT2D eigenvalue weighted by atomic mass is 32.2. The molecule has 0 atom stereocenters. The lowest BCUT2D eigenvalue weighted by atomic mass is 10.7. The molecule has 8 heteroatoms. The maximum atomic E-state index is 12.2. The molecule has 1 aromatic heterocycles. The second-order valence-corrected chi connectivity index (χ2v) is 6.31. The molecule has 2 nitrogen and oxygen atoms in total. The molecule has 0 amide bonds. The molecule has 0 saturated carbocycles. The van der Waals surface area contributed by atoms with Gasteiger partial charge in [-0.2, -0.15) is 36.7 Å². The number of rotatable bonds is 6. The zero-order valence-corrected chi connectivity index (χ0v) is 11.0. The highest BCUT2D eigenvalue weighted by molar-refractivity contribution is 8.02. The van der Waals surface area contributed by atoms with Crippen LogP contribution in [0.1, 0.15) is 16.9 Å². The lowest BCUT2D eigenvalue weighted by Gasteiger charge is -1.98. The van der Waals surface area contributed by atoms with E-state index in [1.54, 1.807) is 11.8 Å². The van der Waals surface area contributed by atoms with Crippen LogP contribution in [0.4, 0.5) is 13.2 Å². The Morgan fingerprint density at radius 2 is 1.88 bits per heavy atom. The topological polar surface area (TPSA) is 25.8 Å². The number of alkyl halides is 3. The second-order valence-electron chi connectivity index (χ2n) is 2.75. The largest absolute Gasteiger partial charge is 0.445 e. The molecule has 0 aromatic carbocycles. The maximum absolute atomic E-state index is 12.2. The maximum Gasteiger partial charge on any atom is 0.445 e. The molecule has 1 heterocycles. The van der Waals surface area contributed by atoms with E-state index in [0.717, 1.165) is 17.3 Å². The molecule has 0 bridgehead atoms. The van der Waals surface area contributed by atoms with Crippen LogP contribution in [0.5, 0.6) is 0 Å². The molecule has 0 aliphatic heterocycles. The third kappa shape index (κ3) is 4.92. The lowest BCUT2D eigenvalue weighted by molar-refractivity contribution is -0.138. The summed E-state index contributed by atoms with van der Waals surface area (Å²) in [4.78, 5) is 0. The van der Waals surface area contributed by atoms with Gasteiger partial charge in [0.2, 0.25) is 5.01 Å². The fourth-order valence-corrected chi connectivity index (χ4v) is 3.44. The number of hydrogen-bond acceptors (Lipinski definition) is 5. The van der Waals surface area contributed by atoms with Crippen molar-refractivity contribution in [3.05, 3.63) is 10.0 Å². The Balaban J connectivity index is 2.30. The van der Waals surface area contributed by atoms with Crippen molar-refractivity contribution in [1.82, 2.24) is 10.2 Å². The first-order valence-electron chi connectivity index (χ1n) is 4.59. The van der Waals surface area contributed by atoms with Crippen molar-refractivity contribution < 1.29 is 13.2 Å². The molecule has 0 fully saturated rings. The minimum atomic E-state index is -4.36. The molecule has 0 saturated heterocycles. The van der Waals surface area contributed by atoms with E-state index in [9.17, 15) is 13.2 Å². The van der Waals surface area contributed by atoms with Crippen LogP contribution >= 0.6 is 34.9 Å². The summed E-state index contributed by atoms with van der Waals surface area (Å²) in [5.41, 5.74) is 0. The van der Waals surface area contributed by atoms with Crippen LogP contribution in [-0.2, 0) is 11.9 Å². The summed E-state index contributed by atoms with van der Waals surface area (Å²) >= 11 is 4.04. The summed E-state index contributed by atoms with van der Waals surface area (Å²) in [6.45, 7) is 2.08. The minimum Gasteiger partial charge on any atom is -0.164 e. The van der Waals surface area contributed by atoms with Gasteiger partial charge in [-0.05, 0) is 5.75 Å². The van der Waals surface area contributed by atoms with Crippen LogP contribution < -0.4 is 0 Å². The summed E-state index contributed by atoms with van der Waals surface area (Å²) in [7, 11) is 0. The number of thioether (sulfide) groups is 2. The Morgan fingerprint density at radius 1 is 1.19 bits per heavy atom. The van der Waals surface area contributed by atoms with Gasteiger partial charge >= 0.3 is 6.18 Å². The highest BCUT2D eigenvalue weighted by Gasteiger charge is 2.35. The SMILES string of the molecule is CCSCCSCc1nnc(C(F)(F)F)s1. The summed E-state index contributed by atoms with van der Waals surface area (Å²) in [5.74, 6) is 3.53. The zero-order chi connectivity index (χ0) is 12.0. The van der Waals surface area contributed by atoms with Crippen molar-refractivity contribution >= 4 is 34.9 Å². The molecule has 0 radical (unpaired) electrons. The second kappa shape index (κ2) is 6.70. The van der Waals surface area contributed by atoms with Crippen LogP contribution in [0.25, 0.3) is 0 Å². The quantitative estimate of drug-likeness (QED) is 0.748. The summed E-state index contributed by atoms with van der Waals surface area (Å²) in [6, 6.07) is 0. The third-order valence-electron chi connectivity index (χ3n) is 1.51. The van der Waals surface area contributed by atoms with Gasteiger partial charge in [-0.3, -0.25) is 0 Å². The Bertz CT molecular complexity index is 314. The molecule has 0 aliphatic rings. The van der Waals surface area contributed by atoms with Gasteiger partial charge in [-0.15, -0.1) is 10.2 Å². The lowest BCUT2D eigenvalue weighted by Crippen LogP contribution is -2.03. The monoisotopic (exact) mass is 288 g/mol. The predicted molar refractivity (Wildman–Crippen MR) is 64.1 cm³/mol. The van der Waals surface area contributed by atoms with E-state index in [0.29, 0.717) is 22.1 Å². The number of halogens is 3. The summed E-state index contributed by atoms with van der Waals surface area (Å²) in [5, 5.41) is 6.24. The van der Waals surface area contributed by atoms with Gasteiger partial charge in [0, 0.05) is 17.3 Å². The van der Waals surface area contributed by atoms with E-state index in [1.165, 1.54) is 0 Å². The van der Waals surface area contributed by atoms with E-state index in [2.05, 4.69) is 17.1 Å². The van der Waals surface area contributed by atoms with E-state index >= 15 is 0 Å². The average Bonchev–Trinajstić information content (AvgIpc) is 2.65. The van der Waals surface area contributed by atoms with Gasteiger partial charge in [0.1, 0.15) is 5.01 Å². The fraction of sp³-hybridized carbons (Fsp3) is 0.750. The van der Waals surface area contributed by atoms with Gasteiger partial charge in [0.15, 0.2) is 0 Å². The molecular weight excluding hydrogens is 277 g/mol. The molecule has 92 valence electrons. The normalized spacial score (nSPS) is 12.0. The van der Waals surface area contributed by atoms with Gasteiger partial charge in [0.05, 0.1) is 0 Å². The number of aromatic nitrogens is 2. The molecule has 0 N–H and O–H groups in total. The Morgan fingerprint density at radius 3 is 2.44 bits per heavy atom. The van der Waals surface area contributed by atoms with Crippen LogP contribution in [0.3, 0.4) is 0 Å². The van der Waals surface area contributed by atoms with Gasteiger partial charge in [0.25, 0.3) is 0 Å². The first-order chi connectivity index (χ1) is 7.54. The van der Waals surface area contributed by atoms with Gasteiger partial charge in [-0.25, -0.2) is 0 Å². The van der Waals surface area contributed by atoms with E-state index < -0.39 is 11.2 Å². The predicted octanol–water partition coefficient (Wildman–Crippen LogP) is 3.54. The highest BCUT2D eigenvalue weighted by Crippen LogP contribution is 2.32. The Hall–Kier alpha value is 0.0500. The number of nitrogens with zero attached hydrogens (tertiary/aromatic N) is 2. The van der Waals surface area contributed by atoms with Gasteiger partial charge < -0.3 is 0 Å². The first kappa shape index (κ1) is 14.1. The van der Waals surface area contributed by atoms with Crippen molar-refractivity contribution in [2.24, 2.45) is 0 Å². The Labute approximate surface area is 104 Å². The minimum absolute atomic E-state index is 0.443. The van der Waals surface area contributed by atoms with Crippen LogP contribution in [0, 0.1) is 0 Å². The Kier molecular flexibility index (Phi) is 5.91. The van der Waals surface area contributed by atoms with E-state index in [-0.39, 0.29) is 0 Å². The molecule has 1 aromatic rings. The van der Waals surface area contributed by atoms with Crippen LogP contribution in [-0.4, -0.2) is 27.5 Å². The van der Waals surface area contributed by atoms with Crippen LogP contribution in [0.2, 0.25) is 0 Å². The van der Waals surface area contributed by atoms with E-state index in [4.69, 9.17) is 0 Å². The van der Waals surface area contributed by atoms with Gasteiger partial charge in [-0.1, -0.05) is 18.3 Å².